The third-order valence-electron chi connectivity index (χ3n) is 6.44. The van der Waals surface area contributed by atoms with Crippen LogP contribution < -0.4 is 11.0 Å². The fraction of sp³-hybridized carbons (Fsp3) is 1.00. The molecule has 34 heavy (non-hydrogen) atoms. The molecule has 2 radical (unpaired) electrons. The number of aliphatic hydroxyl groups excluding tert-OH is 4. The lowest BCUT2D eigenvalue weighted by Gasteiger charge is -2.33. The largest absolute Gasteiger partial charge is 0.724 e. The van der Waals surface area contributed by atoms with Crippen molar-refractivity contribution >= 4 is 15.6 Å². The molecule has 0 amide bonds. The summed E-state index contributed by atoms with van der Waals surface area (Å²) >= 11 is 0. The second kappa shape index (κ2) is 12.5. The number of hydrogen-bond donors (Lipinski definition) is 8. The van der Waals surface area contributed by atoms with Gasteiger partial charge in [0.2, 0.25) is 0 Å². The molecule has 0 saturated heterocycles. The molecule has 8 atom stereocenters. The lowest BCUT2D eigenvalue weighted by molar-refractivity contribution is -0.218. The molecule has 8 N–H and O–H groups in total. The normalized spacial score (nSPS) is 37.7. The SMILES string of the molecule is O=P(O)(ONC1CCCCC1)[O+][C@H]1[C@H](O)[C@H](O)[C@H](O)[C@@H](O)[C@@H]1[O+]P(=O)(O)ONC1CCCCC1. The van der Waals surface area contributed by atoms with Gasteiger partial charge in [0.1, 0.15) is 12.2 Å². The van der Waals surface area contributed by atoms with Crippen LogP contribution in [-0.4, -0.2) is 78.9 Å². The number of hydroxylamine groups is 2. The second-order valence-electron chi connectivity index (χ2n) is 9.13. The Hall–Kier alpha value is -0.0200. The molecule has 0 aromatic rings. The van der Waals surface area contributed by atoms with Crippen LogP contribution in [0.1, 0.15) is 64.2 Å². The smallest absolute Gasteiger partial charge is 0.387 e. The summed E-state index contributed by atoms with van der Waals surface area (Å²) in [6, 6.07) is -0.396. The van der Waals surface area contributed by atoms with Crippen molar-refractivity contribution in [1.29, 1.82) is 0 Å². The lowest BCUT2D eigenvalue weighted by Crippen LogP contribution is -2.64. The first kappa shape index (κ1) is 28.5. The molecule has 3 aliphatic carbocycles. The van der Waals surface area contributed by atoms with E-state index in [-0.39, 0.29) is 12.1 Å². The number of rotatable bonds is 10. The van der Waals surface area contributed by atoms with Gasteiger partial charge >= 0.3 is 27.9 Å². The Balaban J connectivity index is 1.66. The first-order chi connectivity index (χ1) is 16.0. The fourth-order valence-electron chi connectivity index (χ4n) is 4.50. The molecule has 14 nitrogen and oxygen atoms in total. The van der Waals surface area contributed by atoms with Crippen LogP contribution in [0.25, 0.3) is 0 Å². The third-order valence-corrected chi connectivity index (χ3v) is 8.13. The van der Waals surface area contributed by atoms with Gasteiger partial charge in [0.25, 0.3) is 0 Å². The van der Waals surface area contributed by atoms with Gasteiger partial charge in [0, 0.05) is 12.1 Å². The van der Waals surface area contributed by atoms with E-state index in [1.54, 1.807) is 0 Å². The zero-order chi connectivity index (χ0) is 24.9. The molecule has 198 valence electrons. The lowest BCUT2D eigenvalue weighted by atomic mass is 9.85. The van der Waals surface area contributed by atoms with E-state index >= 15 is 0 Å². The second-order valence-corrected chi connectivity index (χ2v) is 11.8. The summed E-state index contributed by atoms with van der Waals surface area (Å²) in [5, 5.41) is 40.7. The maximum Gasteiger partial charge on any atom is 0.724 e. The van der Waals surface area contributed by atoms with Crippen molar-refractivity contribution in [3.8, 4) is 0 Å². The Morgan fingerprint density at radius 2 is 0.912 bits per heavy atom. The summed E-state index contributed by atoms with van der Waals surface area (Å²) in [5.41, 5.74) is 4.89. The molecule has 2 unspecified atom stereocenters. The zero-order valence-electron chi connectivity index (χ0n) is 18.7. The molecule has 0 spiro atoms. The predicted molar refractivity (Wildman–Crippen MR) is 116 cm³/mol. The van der Waals surface area contributed by atoms with Crippen molar-refractivity contribution in [1.82, 2.24) is 11.0 Å². The van der Waals surface area contributed by atoms with E-state index in [0.717, 1.165) is 38.5 Å². The first-order valence-corrected chi connectivity index (χ1v) is 14.6. The minimum Gasteiger partial charge on any atom is -0.387 e. The fourth-order valence-corrected chi connectivity index (χ4v) is 6.26. The zero-order valence-corrected chi connectivity index (χ0v) is 20.5. The van der Waals surface area contributed by atoms with E-state index in [1.807, 2.05) is 0 Å². The summed E-state index contributed by atoms with van der Waals surface area (Å²) in [6.45, 7) is 0. The highest BCUT2D eigenvalue weighted by Gasteiger charge is 2.68. The van der Waals surface area contributed by atoms with Crippen LogP contribution in [0.4, 0.5) is 0 Å². The predicted octanol–water partition coefficient (Wildman–Crippen LogP) is 0.123. The Morgan fingerprint density at radius 3 is 1.24 bits per heavy atom. The van der Waals surface area contributed by atoms with E-state index in [9.17, 15) is 39.3 Å². The topological polar surface area (TPSA) is 221 Å². The van der Waals surface area contributed by atoms with Crippen LogP contribution in [0.3, 0.4) is 0 Å². The van der Waals surface area contributed by atoms with Crippen molar-refractivity contribution in [3.05, 3.63) is 0 Å². The molecule has 3 aliphatic rings. The number of phosphoric ester groups is 2. The van der Waals surface area contributed by atoms with Crippen LogP contribution in [0.2, 0.25) is 0 Å². The molecule has 0 bridgehead atoms. The summed E-state index contributed by atoms with van der Waals surface area (Å²) in [5.74, 6) is 0. The number of hydrogen-bond acceptors (Lipinski definition) is 12. The molecular formula is C18H36N2O12P2+2. The van der Waals surface area contributed by atoms with Gasteiger partial charge in [0.15, 0.2) is 12.2 Å². The minimum absolute atomic E-state index is 0.198. The van der Waals surface area contributed by atoms with Crippen molar-refractivity contribution in [2.45, 2.75) is 113 Å². The van der Waals surface area contributed by atoms with Gasteiger partial charge in [-0.2, -0.15) is 29.3 Å². The van der Waals surface area contributed by atoms with E-state index in [4.69, 9.17) is 18.3 Å². The maximum absolute atomic E-state index is 12.5. The Labute approximate surface area is 197 Å². The molecular weight excluding hydrogens is 498 g/mol. The molecule has 0 heterocycles. The highest BCUT2D eigenvalue weighted by molar-refractivity contribution is 7.47. The standard InChI is InChI=1S/C18H36N2O12P2/c21-13-14(22)16(24)18(30-34(27,28)32-20-12-9-5-2-6-10-12)17(15(13)23)29-33(25,26)31-19-11-7-3-1-4-8-11/h11-24H,1-10H2,(H,25,26)(H,27,28)/q+2/t13-,14+,15-,16-,17+,18+/m1/s1. The van der Waals surface area contributed by atoms with Gasteiger partial charge in [-0.15, -0.1) is 0 Å². The van der Waals surface area contributed by atoms with Crippen molar-refractivity contribution in [2.75, 3.05) is 0 Å². The van der Waals surface area contributed by atoms with Gasteiger partial charge in [-0.05, 0) is 34.7 Å². The van der Waals surface area contributed by atoms with Crippen LogP contribution in [0.5, 0.6) is 0 Å². The number of aliphatic hydroxyl groups is 4. The van der Waals surface area contributed by atoms with E-state index in [1.165, 1.54) is 0 Å². The average molecular weight is 534 g/mol. The molecule has 3 rings (SSSR count). The highest BCUT2D eigenvalue weighted by atomic mass is 31.2. The van der Waals surface area contributed by atoms with E-state index in [2.05, 4.69) is 11.0 Å². The minimum atomic E-state index is -4.96. The molecule has 0 aromatic carbocycles. The summed E-state index contributed by atoms with van der Waals surface area (Å²) in [7, 11) is -9.92. The summed E-state index contributed by atoms with van der Waals surface area (Å²) in [4.78, 5) is 20.2. The summed E-state index contributed by atoms with van der Waals surface area (Å²) < 4.78 is 44.4. The molecule has 16 heteroatoms. The monoisotopic (exact) mass is 534 g/mol. The van der Waals surface area contributed by atoms with Gasteiger partial charge in [-0.3, -0.25) is 9.79 Å². The molecule has 0 aliphatic heterocycles. The van der Waals surface area contributed by atoms with Gasteiger partial charge < -0.3 is 20.4 Å². The summed E-state index contributed by atoms with van der Waals surface area (Å²) in [6.07, 6.45) is -3.69. The Kier molecular flexibility index (Phi) is 10.5. The van der Waals surface area contributed by atoms with Crippen molar-refractivity contribution in [2.24, 2.45) is 0 Å². The molecule has 3 saturated carbocycles. The highest BCUT2D eigenvalue weighted by Crippen LogP contribution is 2.51. The number of nitrogens with one attached hydrogen (secondary N) is 2. The van der Waals surface area contributed by atoms with Crippen LogP contribution in [0.15, 0.2) is 0 Å². The van der Waals surface area contributed by atoms with E-state index < -0.39 is 52.3 Å². The van der Waals surface area contributed by atoms with E-state index in [0.29, 0.717) is 25.7 Å². The Morgan fingerprint density at radius 1 is 0.588 bits per heavy atom. The molecule has 0 aromatic heterocycles. The van der Waals surface area contributed by atoms with Crippen LogP contribution in [-0.2, 0) is 27.4 Å². The van der Waals surface area contributed by atoms with Gasteiger partial charge in [-0.25, -0.2) is 0 Å². The van der Waals surface area contributed by atoms with Crippen molar-refractivity contribution in [3.63, 3.8) is 0 Å². The first-order valence-electron chi connectivity index (χ1n) is 11.6. The van der Waals surface area contributed by atoms with Crippen LogP contribution in [0, 0.1) is 0 Å². The third kappa shape index (κ3) is 7.99. The maximum atomic E-state index is 12.5. The molecule has 3 fully saturated rings. The van der Waals surface area contributed by atoms with Crippen molar-refractivity contribution < 1.29 is 57.6 Å². The van der Waals surface area contributed by atoms with Gasteiger partial charge in [0.05, 0.1) is 0 Å². The van der Waals surface area contributed by atoms with Crippen LogP contribution >= 0.6 is 15.6 Å². The number of phosphoric acid groups is 2. The average Bonchev–Trinajstić information content (AvgIpc) is 2.82. The quantitative estimate of drug-likeness (QED) is 0.106. The Bertz CT molecular complexity index is 676. The van der Waals surface area contributed by atoms with Gasteiger partial charge in [-0.1, -0.05) is 38.5 Å².